The smallest absolute Gasteiger partial charge is 0.407 e. The number of ether oxygens (including phenoxy) is 1. The van der Waals surface area contributed by atoms with Gasteiger partial charge in [0.1, 0.15) is 17.1 Å². The fraction of sp³-hybridized carbons (Fsp3) is 0.667. The Bertz CT molecular complexity index is 402. The Morgan fingerprint density at radius 3 is 2.88 bits per heavy atom. The molecule has 0 aromatic carbocycles. The number of nitrogens with zero attached hydrogens (tertiary/aromatic N) is 1. The first kappa shape index (κ1) is 12.0. The number of amides is 1. The Labute approximate surface area is 101 Å². The highest BCUT2D eigenvalue weighted by Gasteiger charge is 2.27. The molecule has 0 unspecified atom stereocenters. The SMILES string of the molecule is CC(C)(C)OC(=O)NCc1cc(C2CC2)on1. The molecule has 0 saturated heterocycles. The molecule has 0 radical (unpaired) electrons. The van der Waals surface area contributed by atoms with Crippen molar-refractivity contribution >= 4 is 6.09 Å². The van der Waals surface area contributed by atoms with E-state index in [4.69, 9.17) is 9.26 Å². The average Bonchev–Trinajstić information content (AvgIpc) is 2.93. The molecule has 94 valence electrons. The van der Waals surface area contributed by atoms with E-state index < -0.39 is 11.7 Å². The van der Waals surface area contributed by atoms with Gasteiger partial charge in [0.05, 0.1) is 6.54 Å². The van der Waals surface area contributed by atoms with Gasteiger partial charge in [-0.3, -0.25) is 0 Å². The van der Waals surface area contributed by atoms with Gasteiger partial charge in [-0.2, -0.15) is 0 Å². The first-order chi connectivity index (χ1) is 7.94. The molecule has 0 spiro atoms. The zero-order valence-corrected chi connectivity index (χ0v) is 10.4. The van der Waals surface area contributed by atoms with Gasteiger partial charge < -0.3 is 14.6 Å². The summed E-state index contributed by atoms with van der Waals surface area (Å²) in [5.41, 5.74) is 0.255. The molecule has 1 heterocycles. The quantitative estimate of drug-likeness (QED) is 0.879. The molecular weight excluding hydrogens is 220 g/mol. The van der Waals surface area contributed by atoms with Crippen molar-refractivity contribution in [2.75, 3.05) is 0 Å². The Balaban J connectivity index is 1.78. The zero-order chi connectivity index (χ0) is 12.5. The summed E-state index contributed by atoms with van der Waals surface area (Å²) in [6.45, 7) is 5.82. The maximum Gasteiger partial charge on any atom is 0.407 e. The molecule has 5 nitrogen and oxygen atoms in total. The van der Waals surface area contributed by atoms with Crippen molar-refractivity contribution in [1.29, 1.82) is 0 Å². The summed E-state index contributed by atoms with van der Waals surface area (Å²) in [5.74, 6) is 1.46. The standard InChI is InChI=1S/C12H18N2O3/c1-12(2,3)16-11(15)13-7-9-6-10(17-14-9)8-4-5-8/h6,8H,4-5,7H2,1-3H3,(H,13,15). The molecule has 1 fully saturated rings. The van der Waals surface area contributed by atoms with Crippen LogP contribution in [0, 0.1) is 0 Å². The van der Waals surface area contributed by atoms with E-state index in [9.17, 15) is 4.79 Å². The van der Waals surface area contributed by atoms with Crippen LogP contribution in [0.4, 0.5) is 4.79 Å². The summed E-state index contributed by atoms with van der Waals surface area (Å²) in [6.07, 6.45) is 1.91. The van der Waals surface area contributed by atoms with Crippen LogP contribution in [-0.4, -0.2) is 16.9 Å². The van der Waals surface area contributed by atoms with Crippen LogP contribution in [0.15, 0.2) is 10.6 Å². The third kappa shape index (κ3) is 3.76. The monoisotopic (exact) mass is 238 g/mol. The molecule has 0 bridgehead atoms. The minimum atomic E-state index is -0.479. The first-order valence-corrected chi connectivity index (χ1v) is 5.86. The Kier molecular flexibility index (Phi) is 3.09. The van der Waals surface area contributed by atoms with Gasteiger partial charge in [-0.1, -0.05) is 5.16 Å². The molecule has 5 heteroatoms. The van der Waals surface area contributed by atoms with E-state index in [0.717, 1.165) is 11.5 Å². The number of hydrogen-bond donors (Lipinski definition) is 1. The van der Waals surface area contributed by atoms with Gasteiger partial charge in [0.2, 0.25) is 0 Å². The second-order valence-electron chi connectivity index (χ2n) is 5.35. The lowest BCUT2D eigenvalue weighted by atomic mass is 10.2. The van der Waals surface area contributed by atoms with Crippen LogP contribution in [0.3, 0.4) is 0 Å². The highest BCUT2D eigenvalue weighted by Crippen LogP contribution is 2.40. The minimum absolute atomic E-state index is 0.338. The molecule has 1 saturated carbocycles. The summed E-state index contributed by atoms with van der Waals surface area (Å²) >= 11 is 0. The van der Waals surface area contributed by atoms with Crippen molar-refractivity contribution in [2.45, 2.75) is 51.7 Å². The molecule has 1 aliphatic carbocycles. The maximum atomic E-state index is 11.4. The predicted octanol–water partition coefficient (Wildman–Crippen LogP) is 2.58. The van der Waals surface area contributed by atoms with Gasteiger partial charge >= 0.3 is 6.09 Å². The van der Waals surface area contributed by atoms with Gasteiger partial charge in [0.15, 0.2) is 0 Å². The van der Waals surface area contributed by atoms with Crippen molar-refractivity contribution in [3.8, 4) is 0 Å². The maximum absolute atomic E-state index is 11.4. The third-order valence-electron chi connectivity index (χ3n) is 2.37. The summed E-state index contributed by atoms with van der Waals surface area (Å²) in [7, 11) is 0. The molecule has 1 aromatic heterocycles. The molecule has 0 atom stereocenters. The van der Waals surface area contributed by atoms with Gasteiger partial charge in [-0.25, -0.2) is 4.79 Å². The lowest BCUT2D eigenvalue weighted by Gasteiger charge is -2.19. The van der Waals surface area contributed by atoms with Crippen molar-refractivity contribution in [2.24, 2.45) is 0 Å². The van der Waals surface area contributed by atoms with Crippen molar-refractivity contribution in [1.82, 2.24) is 10.5 Å². The van der Waals surface area contributed by atoms with Gasteiger partial charge in [0, 0.05) is 12.0 Å². The minimum Gasteiger partial charge on any atom is -0.444 e. The Morgan fingerprint density at radius 1 is 1.59 bits per heavy atom. The first-order valence-electron chi connectivity index (χ1n) is 5.86. The highest BCUT2D eigenvalue weighted by atomic mass is 16.6. The van der Waals surface area contributed by atoms with Gasteiger partial charge in [-0.05, 0) is 33.6 Å². The topological polar surface area (TPSA) is 64.4 Å². The number of carbonyl (C=O) groups excluding carboxylic acids is 1. The van der Waals surface area contributed by atoms with Crippen LogP contribution in [0.2, 0.25) is 0 Å². The fourth-order valence-corrected chi connectivity index (χ4v) is 1.45. The number of hydrogen-bond acceptors (Lipinski definition) is 4. The number of alkyl carbamates (subject to hydrolysis) is 1. The number of rotatable bonds is 3. The molecular formula is C12H18N2O3. The highest BCUT2D eigenvalue weighted by molar-refractivity contribution is 5.67. The predicted molar refractivity (Wildman–Crippen MR) is 61.6 cm³/mol. The number of nitrogens with one attached hydrogen (secondary N) is 1. The number of aromatic nitrogens is 1. The Morgan fingerprint density at radius 2 is 2.29 bits per heavy atom. The van der Waals surface area contributed by atoms with Crippen LogP contribution in [0.1, 0.15) is 51.0 Å². The van der Waals surface area contributed by atoms with Crippen molar-refractivity contribution < 1.29 is 14.1 Å². The fourth-order valence-electron chi connectivity index (χ4n) is 1.45. The second kappa shape index (κ2) is 4.39. The lowest BCUT2D eigenvalue weighted by Crippen LogP contribution is -2.32. The molecule has 1 aromatic rings. The van der Waals surface area contributed by atoms with E-state index in [0.29, 0.717) is 12.5 Å². The lowest BCUT2D eigenvalue weighted by molar-refractivity contribution is 0.0522. The van der Waals surface area contributed by atoms with Crippen molar-refractivity contribution in [3.05, 3.63) is 17.5 Å². The van der Waals surface area contributed by atoms with Gasteiger partial charge in [-0.15, -0.1) is 0 Å². The van der Waals surface area contributed by atoms with Crippen LogP contribution in [0.25, 0.3) is 0 Å². The van der Waals surface area contributed by atoms with E-state index in [1.165, 1.54) is 12.8 Å². The average molecular weight is 238 g/mol. The van der Waals surface area contributed by atoms with E-state index in [1.54, 1.807) is 0 Å². The molecule has 2 rings (SSSR count). The molecule has 1 aliphatic rings. The molecule has 1 N–H and O–H groups in total. The van der Waals surface area contributed by atoms with Crippen LogP contribution in [-0.2, 0) is 11.3 Å². The molecule has 17 heavy (non-hydrogen) atoms. The van der Waals surface area contributed by atoms with Crippen molar-refractivity contribution in [3.63, 3.8) is 0 Å². The van der Waals surface area contributed by atoms with E-state index in [2.05, 4.69) is 10.5 Å². The summed E-state index contributed by atoms with van der Waals surface area (Å²) in [6, 6.07) is 1.90. The third-order valence-corrected chi connectivity index (χ3v) is 2.37. The van der Waals surface area contributed by atoms with Crippen LogP contribution < -0.4 is 5.32 Å². The largest absolute Gasteiger partial charge is 0.444 e. The normalized spacial score (nSPS) is 15.7. The van der Waals surface area contributed by atoms with Crippen LogP contribution in [0.5, 0.6) is 0 Å². The number of carbonyl (C=O) groups is 1. The van der Waals surface area contributed by atoms with Crippen LogP contribution >= 0.6 is 0 Å². The zero-order valence-electron chi connectivity index (χ0n) is 10.4. The molecule has 1 amide bonds. The summed E-state index contributed by atoms with van der Waals surface area (Å²) in [5, 5.41) is 6.55. The van der Waals surface area contributed by atoms with Gasteiger partial charge in [0.25, 0.3) is 0 Å². The van der Waals surface area contributed by atoms with E-state index >= 15 is 0 Å². The summed E-state index contributed by atoms with van der Waals surface area (Å²) < 4.78 is 10.3. The van der Waals surface area contributed by atoms with E-state index in [1.807, 2.05) is 26.8 Å². The second-order valence-corrected chi connectivity index (χ2v) is 5.35. The Hall–Kier alpha value is -1.52. The molecule has 0 aliphatic heterocycles. The summed E-state index contributed by atoms with van der Waals surface area (Å²) in [4.78, 5) is 11.4. The van der Waals surface area contributed by atoms with E-state index in [-0.39, 0.29) is 0 Å².